The molecule has 0 fully saturated rings. The number of benzene rings is 1. The summed E-state index contributed by atoms with van der Waals surface area (Å²) in [4.78, 5) is 25.7. The van der Waals surface area contributed by atoms with E-state index >= 15 is 0 Å². The summed E-state index contributed by atoms with van der Waals surface area (Å²) in [6.07, 6.45) is 2.74. The molecule has 0 saturated heterocycles. The Morgan fingerprint density at radius 3 is 2.92 bits per heavy atom. The Morgan fingerprint density at radius 2 is 2.20 bits per heavy atom. The van der Waals surface area contributed by atoms with Gasteiger partial charge >= 0.3 is 0 Å². The number of aromatic nitrogens is 2. The monoisotopic (exact) mass is 343 g/mol. The summed E-state index contributed by atoms with van der Waals surface area (Å²) in [6.45, 7) is 2.89. The van der Waals surface area contributed by atoms with Crippen LogP contribution in [0.3, 0.4) is 0 Å². The molecule has 3 rings (SSSR count). The van der Waals surface area contributed by atoms with Crippen LogP contribution < -0.4 is 20.7 Å². The van der Waals surface area contributed by atoms with Crippen LogP contribution >= 0.6 is 0 Å². The van der Waals surface area contributed by atoms with E-state index in [0.29, 0.717) is 18.0 Å². The van der Waals surface area contributed by atoms with Crippen molar-refractivity contribution in [2.24, 2.45) is 5.73 Å². The van der Waals surface area contributed by atoms with Crippen LogP contribution in [0.1, 0.15) is 6.92 Å². The van der Waals surface area contributed by atoms with Crippen LogP contribution in [-0.2, 0) is 16.1 Å². The zero-order chi connectivity index (χ0) is 17.8. The number of amides is 2. The minimum Gasteiger partial charge on any atom is -0.477 e. The lowest BCUT2D eigenvalue weighted by atomic mass is 10.1. The van der Waals surface area contributed by atoms with Gasteiger partial charge in [0.1, 0.15) is 5.75 Å². The summed E-state index contributed by atoms with van der Waals surface area (Å²) in [5.74, 6) is -0.253. The van der Waals surface area contributed by atoms with Crippen LogP contribution in [0.2, 0.25) is 0 Å². The molecule has 0 saturated carbocycles. The lowest BCUT2D eigenvalue weighted by Gasteiger charge is -2.33. The number of hydrogen-bond donors (Lipinski definition) is 2. The zero-order valence-electron chi connectivity index (χ0n) is 14.0. The molecule has 1 aliphatic rings. The van der Waals surface area contributed by atoms with Crippen molar-refractivity contribution in [3.63, 3.8) is 0 Å². The predicted octanol–water partition coefficient (Wildman–Crippen LogP) is 0.141. The van der Waals surface area contributed by atoms with E-state index in [-0.39, 0.29) is 25.0 Å². The molecule has 132 valence electrons. The van der Waals surface area contributed by atoms with Crippen LogP contribution in [0.5, 0.6) is 5.75 Å². The first kappa shape index (κ1) is 17.0. The second-order valence-corrected chi connectivity index (χ2v) is 5.99. The third-order valence-corrected chi connectivity index (χ3v) is 4.01. The van der Waals surface area contributed by atoms with Gasteiger partial charge in [-0.15, -0.1) is 0 Å². The first-order valence-electron chi connectivity index (χ1n) is 8.11. The summed E-state index contributed by atoms with van der Waals surface area (Å²) in [7, 11) is 0. The number of para-hydroxylation sites is 2. The SMILES string of the molecule is C[C@@H](Cn1cccn1)NCC(=O)N1C[C@@H](C(N)=O)Oc2ccccc21. The fourth-order valence-electron chi connectivity index (χ4n) is 2.73. The van der Waals surface area contributed by atoms with Crippen molar-refractivity contribution < 1.29 is 14.3 Å². The van der Waals surface area contributed by atoms with Crippen molar-refractivity contribution >= 4 is 17.5 Å². The second kappa shape index (κ2) is 7.35. The van der Waals surface area contributed by atoms with Gasteiger partial charge < -0.3 is 20.7 Å². The van der Waals surface area contributed by atoms with E-state index in [0.717, 1.165) is 0 Å². The van der Waals surface area contributed by atoms with Crippen LogP contribution in [0, 0.1) is 0 Å². The first-order valence-corrected chi connectivity index (χ1v) is 8.11. The maximum Gasteiger partial charge on any atom is 0.260 e. The average molecular weight is 343 g/mol. The summed E-state index contributed by atoms with van der Waals surface area (Å²) in [5, 5.41) is 7.33. The van der Waals surface area contributed by atoms with Crippen LogP contribution in [0.15, 0.2) is 42.7 Å². The molecule has 1 aliphatic heterocycles. The number of nitrogens with two attached hydrogens (primary N) is 1. The van der Waals surface area contributed by atoms with Gasteiger partial charge in [0.25, 0.3) is 5.91 Å². The highest BCUT2D eigenvalue weighted by atomic mass is 16.5. The van der Waals surface area contributed by atoms with E-state index in [4.69, 9.17) is 10.5 Å². The molecule has 8 heteroatoms. The largest absolute Gasteiger partial charge is 0.477 e. The number of ether oxygens (including phenoxy) is 1. The molecule has 8 nitrogen and oxygen atoms in total. The Hall–Kier alpha value is -2.87. The Kier molecular flexibility index (Phi) is 4.99. The van der Waals surface area contributed by atoms with Gasteiger partial charge in [-0.05, 0) is 25.1 Å². The molecule has 1 aromatic carbocycles. The quantitative estimate of drug-likeness (QED) is 0.777. The summed E-state index contributed by atoms with van der Waals surface area (Å²) in [5.41, 5.74) is 6.00. The highest BCUT2D eigenvalue weighted by Gasteiger charge is 2.32. The smallest absolute Gasteiger partial charge is 0.260 e. The topological polar surface area (TPSA) is 102 Å². The molecule has 25 heavy (non-hydrogen) atoms. The third-order valence-electron chi connectivity index (χ3n) is 4.01. The van der Waals surface area contributed by atoms with Gasteiger partial charge in [-0.25, -0.2) is 0 Å². The minimum absolute atomic E-state index is 0.0621. The van der Waals surface area contributed by atoms with Crippen molar-refractivity contribution in [1.29, 1.82) is 0 Å². The molecule has 2 amide bonds. The molecule has 0 unspecified atom stereocenters. The van der Waals surface area contributed by atoms with Crippen LogP contribution in [0.25, 0.3) is 0 Å². The molecular formula is C17H21N5O3. The molecule has 2 atom stereocenters. The highest BCUT2D eigenvalue weighted by molar-refractivity contribution is 5.98. The number of anilines is 1. The predicted molar refractivity (Wildman–Crippen MR) is 92.1 cm³/mol. The Labute approximate surface area is 145 Å². The molecule has 2 heterocycles. The average Bonchev–Trinajstić information content (AvgIpc) is 3.11. The minimum atomic E-state index is -0.847. The maximum atomic E-state index is 12.7. The van der Waals surface area contributed by atoms with Crippen LogP contribution in [-0.4, -0.2) is 46.8 Å². The number of primary amides is 1. The van der Waals surface area contributed by atoms with Crippen LogP contribution in [0.4, 0.5) is 5.69 Å². The van der Waals surface area contributed by atoms with Gasteiger partial charge in [0.15, 0.2) is 6.10 Å². The van der Waals surface area contributed by atoms with Crippen molar-refractivity contribution in [2.75, 3.05) is 18.0 Å². The summed E-state index contributed by atoms with van der Waals surface area (Å²) < 4.78 is 7.37. The molecule has 0 radical (unpaired) electrons. The zero-order valence-corrected chi connectivity index (χ0v) is 14.0. The van der Waals surface area contributed by atoms with E-state index in [9.17, 15) is 9.59 Å². The van der Waals surface area contributed by atoms with E-state index in [1.807, 2.05) is 25.3 Å². The first-order chi connectivity index (χ1) is 12.0. The van der Waals surface area contributed by atoms with Gasteiger partial charge in [0, 0.05) is 18.4 Å². The molecule has 0 spiro atoms. The Morgan fingerprint density at radius 1 is 1.40 bits per heavy atom. The summed E-state index contributed by atoms with van der Waals surface area (Å²) >= 11 is 0. The van der Waals surface area contributed by atoms with E-state index in [1.54, 1.807) is 34.0 Å². The number of carbonyl (C=O) groups is 2. The Balaban J connectivity index is 1.65. The number of nitrogens with zero attached hydrogens (tertiary/aromatic N) is 3. The lowest BCUT2D eigenvalue weighted by Crippen LogP contribution is -2.51. The fourth-order valence-corrected chi connectivity index (χ4v) is 2.73. The third kappa shape index (κ3) is 3.97. The number of fused-ring (bicyclic) bond motifs is 1. The molecule has 0 aliphatic carbocycles. The normalized spacial score (nSPS) is 17.5. The number of hydrogen-bond acceptors (Lipinski definition) is 5. The highest BCUT2D eigenvalue weighted by Crippen LogP contribution is 2.32. The van der Waals surface area contributed by atoms with Gasteiger partial charge in [-0.1, -0.05) is 12.1 Å². The van der Waals surface area contributed by atoms with Crippen molar-refractivity contribution in [2.45, 2.75) is 25.6 Å². The number of carbonyl (C=O) groups excluding carboxylic acids is 2. The maximum absolute atomic E-state index is 12.7. The molecular weight excluding hydrogens is 322 g/mol. The molecule has 1 aromatic heterocycles. The number of nitrogens with one attached hydrogen (secondary N) is 1. The van der Waals surface area contributed by atoms with Gasteiger partial charge in [-0.3, -0.25) is 14.3 Å². The second-order valence-electron chi connectivity index (χ2n) is 5.99. The molecule has 2 aromatic rings. The standard InChI is InChI=1S/C17H21N5O3/c1-12(10-21-8-4-7-20-21)19-9-16(23)22-11-15(17(18)24)25-14-6-3-2-5-13(14)22/h2-8,12,15,19H,9-11H2,1H3,(H2,18,24)/t12-,15-/m0/s1. The van der Waals surface area contributed by atoms with E-state index in [1.165, 1.54) is 0 Å². The fraction of sp³-hybridized carbons (Fsp3) is 0.353. The van der Waals surface area contributed by atoms with E-state index in [2.05, 4.69) is 10.4 Å². The van der Waals surface area contributed by atoms with E-state index < -0.39 is 12.0 Å². The molecule has 0 bridgehead atoms. The Bertz CT molecular complexity index is 747. The van der Waals surface area contributed by atoms with Gasteiger partial charge in [-0.2, -0.15) is 5.10 Å². The van der Waals surface area contributed by atoms with Crippen molar-refractivity contribution in [3.8, 4) is 5.75 Å². The number of rotatable bonds is 6. The summed E-state index contributed by atoms with van der Waals surface area (Å²) in [6, 6.07) is 9.03. The van der Waals surface area contributed by atoms with Crippen molar-refractivity contribution in [3.05, 3.63) is 42.7 Å². The van der Waals surface area contributed by atoms with Gasteiger partial charge in [0.2, 0.25) is 5.91 Å². The van der Waals surface area contributed by atoms with Gasteiger partial charge in [0.05, 0.1) is 25.3 Å². The molecule has 3 N–H and O–H groups in total. The lowest BCUT2D eigenvalue weighted by molar-refractivity contribution is -0.125. The van der Waals surface area contributed by atoms with Crippen molar-refractivity contribution in [1.82, 2.24) is 15.1 Å².